The highest BCUT2D eigenvalue weighted by molar-refractivity contribution is 6.42. The number of carbonyl (C=O) groups excluding carboxylic acids is 1. The molecule has 1 aromatic heterocycles. The molecule has 4 nitrogen and oxygen atoms in total. The van der Waals surface area contributed by atoms with Crippen molar-refractivity contribution >= 4 is 34.9 Å². The predicted octanol–water partition coefficient (Wildman–Crippen LogP) is 5.02. The third kappa shape index (κ3) is 5.85. The molecular weight excluding hydrogens is 381 g/mol. The molecule has 3 rings (SSSR count). The SMILES string of the molecule is O=C(CCCc1ccc(Cl)c(Cl)c1)NCc1cccnc1N1CCCCC1. The first-order chi connectivity index (χ1) is 13.1. The summed E-state index contributed by atoms with van der Waals surface area (Å²) in [5.74, 6) is 1.07. The number of anilines is 1. The molecule has 1 N–H and O–H groups in total. The third-order valence-electron chi connectivity index (χ3n) is 4.85. The van der Waals surface area contributed by atoms with Crippen molar-refractivity contribution in [2.75, 3.05) is 18.0 Å². The number of piperidine rings is 1. The summed E-state index contributed by atoms with van der Waals surface area (Å²) in [5, 5.41) is 4.14. The summed E-state index contributed by atoms with van der Waals surface area (Å²) >= 11 is 12.0. The molecule has 144 valence electrons. The molecule has 6 heteroatoms. The van der Waals surface area contributed by atoms with E-state index in [-0.39, 0.29) is 5.91 Å². The molecule has 2 heterocycles. The third-order valence-corrected chi connectivity index (χ3v) is 5.59. The van der Waals surface area contributed by atoms with Crippen LogP contribution < -0.4 is 10.2 Å². The quantitative estimate of drug-likeness (QED) is 0.703. The molecule has 1 saturated heterocycles. The standard InChI is InChI=1S/C21H25Cl2N3O/c22-18-10-9-16(14-19(18)23)6-4-8-20(27)25-15-17-7-5-11-24-21(17)26-12-2-1-3-13-26/h5,7,9-11,14H,1-4,6,8,12-13,15H2,(H,25,27). The maximum Gasteiger partial charge on any atom is 0.220 e. The summed E-state index contributed by atoms with van der Waals surface area (Å²) in [6, 6.07) is 9.59. The van der Waals surface area contributed by atoms with Gasteiger partial charge in [0.15, 0.2) is 0 Å². The average molecular weight is 406 g/mol. The van der Waals surface area contributed by atoms with Gasteiger partial charge in [0.25, 0.3) is 0 Å². The molecule has 1 fully saturated rings. The number of halogens is 2. The smallest absolute Gasteiger partial charge is 0.220 e. The Kier molecular flexibility index (Phi) is 7.36. The number of hydrogen-bond donors (Lipinski definition) is 1. The summed E-state index contributed by atoms with van der Waals surface area (Å²) in [4.78, 5) is 19.1. The number of pyridine rings is 1. The number of aryl methyl sites for hydroxylation is 1. The molecule has 0 saturated carbocycles. The van der Waals surface area contributed by atoms with Gasteiger partial charge in [-0.15, -0.1) is 0 Å². The Balaban J connectivity index is 1.47. The summed E-state index contributed by atoms with van der Waals surface area (Å²) in [5.41, 5.74) is 2.18. The molecule has 1 aromatic carbocycles. The number of benzene rings is 1. The van der Waals surface area contributed by atoms with Crippen molar-refractivity contribution in [2.24, 2.45) is 0 Å². The molecule has 2 aromatic rings. The lowest BCUT2D eigenvalue weighted by Gasteiger charge is -2.29. The summed E-state index contributed by atoms with van der Waals surface area (Å²) in [7, 11) is 0. The van der Waals surface area contributed by atoms with Crippen LogP contribution in [0, 0.1) is 0 Å². The second kappa shape index (κ2) is 9.95. The van der Waals surface area contributed by atoms with Gasteiger partial charge in [-0.25, -0.2) is 4.98 Å². The highest BCUT2D eigenvalue weighted by Crippen LogP contribution is 2.24. The van der Waals surface area contributed by atoms with Crippen LogP contribution in [0.1, 0.15) is 43.2 Å². The Bertz CT molecular complexity index is 776. The van der Waals surface area contributed by atoms with Crippen LogP contribution in [-0.2, 0) is 17.8 Å². The van der Waals surface area contributed by atoms with Crippen LogP contribution in [0.4, 0.5) is 5.82 Å². The van der Waals surface area contributed by atoms with E-state index in [1.54, 1.807) is 6.07 Å². The van der Waals surface area contributed by atoms with E-state index < -0.39 is 0 Å². The molecule has 0 unspecified atom stereocenters. The first-order valence-corrected chi connectivity index (χ1v) is 10.3. The Morgan fingerprint density at radius 3 is 2.70 bits per heavy atom. The predicted molar refractivity (Wildman–Crippen MR) is 112 cm³/mol. The molecule has 1 aliphatic rings. The van der Waals surface area contributed by atoms with Gasteiger partial charge in [0.1, 0.15) is 5.82 Å². The first-order valence-electron chi connectivity index (χ1n) is 9.53. The zero-order valence-corrected chi connectivity index (χ0v) is 16.9. The van der Waals surface area contributed by atoms with Crippen molar-refractivity contribution in [1.29, 1.82) is 0 Å². The van der Waals surface area contributed by atoms with Crippen molar-refractivity contribution in [3.63, 3.8) is 0 Å². The van der Waals surface area contributed by atoms with Crippen LogP contribution in [-0.4, -0.2) is 24.0 Å². The molecule has 1 aliphatic heterocycles. The number of rotatable bonds is 7. The maximum atomic E-state index is 12.2. The van der Waals surface area contributed by atoms with Crippen LogP contribution in [0.5, 0.6) is 0 Å². The van der Waals surface area contributed by atoms with Gasteiger partial charge in [-0.1, -0.05) is 35.3 Å². The number of amides is 1. The van der Waals surface area contributed by atoms with E-state index in [1.807, 2.05) is 30.5 Å². The molecule has 0 radical (unpaired) electrons. The van der Waals surface area contributed by atoms with Crippen molar-refractivity contribution in [3.05, 3.63) is 57.7 Å². The Morgan fingerprint density at radius 2 is 1.93 bits per heavy atom. The topological polar surface area (TPSA) is 45.2 Å². The van der Waals surface area contributed by atoms with Crippen molar-refractivity contribution in [1.82, 2.24) is 10.3 Å². The van der Waals surface area contributed by atoms with Crippen LogP contribution in [0.25, 0.3) is 0 Å². The zero-order valence-electron chi connectivity index (χ0n) is 15.4. The van der Waals surface area contributed by atoms with Crippen molar-refractivity contribution in [2.45, 2.75) is 45.1 Å². The van der Waals surface area contributed by atoms with Crippen LogP contribution in [0.15, 0.2) is 36.5 Å². The van der Waals surface area contributed by atoms with E-state index in [1.165, 1.54) is 19.3 Å². The number of nitrogens with zero attached hydrogens (tertiary/aromatic N) is 2. The largest absolute Gasteiger partial charge is 0.356 e. The van der Waals surface area contributed by atoms with E-state index in [0.717, 1.165) is 42.9 Å². The Morgan fingerprint density at radius 1 is 1.11 bits per heavy atom. The average Bonchev–Trinajstić information content (AvgIpc) is 2.70. The highest BCUT2D eigenvalue weighted by Gasteiger charge is 2.15. The van der Waals surface area contributed by atoms with Gasteiger partial charge in [-0.2, -0.15) is 0 Å². The Labute approximate surface area is 170 Å². The van der Waals surface area contributed by atoms with Gasteiger partial charge in [0.05, 0.1) is 10.0 Å². The van der Waals surface area contributed by atoms with Crippen LogP contribution in [0.3, 0.4) is 0 Å². The summed E-state index contributed by atoms with van der Waals surface area (Å²) < 4.78 is 0. The van der Waals surface area contributed by atoms with E-state index in [4.69, 9.17) is 23.2 Å². The normalized spacial score (nSPS) is 14.2. The minimum absolute atomic E-state index is 0.0588. The van der Waals surface area contributed by atoms with E-state index in [2.05, 4.69) is 15.2 Å². The maximum absolute atomic E-state index is 12.2. The van der Waals surface area contributed by atoms with Gasteiger partial charge in [0.2, 0.25) is 5.91 Å². The molecular formula is C21H25Cl2N3O. The van der Waals surface area contributed by atoms with Gasteiger partial charge in [-0.05, 0) is 55.9 Å². The fourth-order valence-corrected chi connectivity index (χ4v) is 3.71. The summed E-state index contributed by atoms with van der Waals surface area (Å²) in [6.07, 6.45) is 7.58. The first kappa shape index (κ1) is 20.0. The molecule has 0 bridgehead atoms. The number of aromatic nitrogens is 1. The van der Waals surface area contributed by atoms with Crippen LogP contribution in [0.2, 0.25) is 10.0 Å². The monoisotopic (exact) mass is 405 g/mol. The number of carbonyl (C=O) groups is 1. The van der Waals surface area contributed by atoms with Crippen LogP contribution >= 0.6 is 23.2 Å². The minimum atomic E-state index is 0.0588. The van der Waals surface area contributed by atoms with Gasteiger partial charge < -0.3 is 10.2 Å². The van der Waals surface area contributed by atoms with Crippen molar-refractivity contribution in [3.8, 4) is 0 Å². The van der Waals surface area contributed by atoms with E-state index in [0.29, 0.717) is 23.0 Å². The van der Waals surface area contributed by atoms with Gasteiger partial charge in [-0.3, -0.25) is 4.79 Å². The van der Waals surface area contributed by atoms with Gasteiger partial charge in [0, 0.05) is 37.8 Å². The lowest BCUT2D eigenvalue weighted by molar-refractivity contribution is -0.121. The number of hydrogen-bond acceptors (Lipinski definition) is 3. The fourth-order valence-electron chi connectivity index (χ4n) is 3.39. The van der Waals surface area contributed by atoms with Crippen molar-refractivity contribution < 1.29 is 4.79 Å². The minimum Gasteiger partial charge on any atom is -0.356 e. The second-order valence-electron chi connectivity index (χ2n) is 6.91. The van der Waals surface area contributed by atoms with Gasteiger partial charge >= 0.3 is 0 Å². The molecule has 0 aliphatic carbocycles. The second-order valence-corrected chi connectivity index (χ2v) is 7.73. The molecule has 0 atom stereocenters. The molecule has 27 heavy (non-hydrogen) atoms. The fraction of sp³-hybridized carbons (Fsp3) is 0.429. The Hall–Kier alpha value is -1.78. The summed E-state index contributed by atoms with van der Waals surface area (Å²) in [6.45, 7) is 2.61. The lowest BCUT2D eigenvalue weighted by Crippen LogP contribution is -2.32. The lowest BCUT2D eigenvalue weighted by atomic mass is 10.1. The number of nitrogens with one attached hydrogen (secondary N) is 1. The van der Waals surface area contributed by atoms with E-state index in [9.17, 15) is 4.79 Å². The zero-order chi connectivity index (χ0) is 19.1. The highest BCUT2D eigenvalue weighted by atomic mass is 35.5. The molecule has 0 spiro atoms. The van der Waals surface area contributed by atoms with E-state index >= 15 is 0 Å². The molecule has 1 amide bonds.